The number of nitrogens with zero attached hydrogens (tertiary/aromatic N) is 4. The Balaban J connectivity index is 2.24. The maximum atomic E-state index is 11.5. The Morgan fingerprint density at radius 2 is 2.25 bits per heavy atom. The van der Waals surface area contributed by atoms with Gasteiger partial charge in [-0.05, 0) is 30.2 Å². The van der Waals surface area contributed by atoms with Crippen LogP contribution in [-0.4, -0.2) is 51.2 Å². The number of hydrogen-bond acceptors (Lipinski definition) is 6. The normalized spacial score (nSPS) is 24.4. The van der Waals surface area contributed by atoms with Crippen molar-refractivity contribution >= 4 is 15.8 Å². The van der Waals surface area contributed by atoms with Gasteiger partial charge in [0.2, 0.25) is 0 Å². The number of carboxylic acid groups (broad SMARTS) is 1. The first-order valence-electron chi connectivity index (χ1n) is 6.47. The first kappa shape index (κ1) is 14.9. The molecule has 0 amide bonds. The van der Waals surface area contributed by atoms with Gasteiger partial charge >= 0.3 is 5.97 Å². The number of carboxylic acids is 1. The van der Waals surface area contributed by atoms with Crippen molar-refractivity contribution in [1.29, 1.82) is 0 Å². The Kier molecular flexibility index (Phi) is 3.81. The summed E-state index contributed by atoms with van der Waals surface area (Å²) in [5.41, 5.74) is -0.971. The van der Waals surface area contributed by atoms with Crippen LogP contribution >= 0.6 is 0 Å². The molecule has 2 heterocycles. The lowest BCUT2D eigenvalue weighted by Gasteiger charge is -2.23. The van der Waals surface area contributed by atoms with Crippen LogP contribution in [0.1, 0.15) is 38.4 Å². The van der Waals surface area contributed by atoms with E-state index in [1.54, 1.807) is 13.8 Å². The predicted molar refractivity (Wildman–Crippen MR) is 69.9 cm³/mol. The smallest absolute Gasteiger partial charge is 0.311 e. The third kappa shape index (κ3) is 2.82. The lowest BCUT2D eigenvalue weighted by atomic mass is 9.87. The number of sulfone groups is 1. The zero-order valence-corrected chi connectivity index (χ0v) is 12.3. The van der Waals surface area contributed by atoms with Crippen molar-refractivity contribution in [2.75, 3.05) is 11.5 Å². The van der Waals surface area contributed by atoms with E-state index in [1.807, 2.05) is 0 Å². The van der Waals surface area contributed by atoms with Crippen molar-refractivity contribution in [1.82, 2.24) is 20.2 Å². The standard InChI is InChI=1S/C11H18N4O4S/c1-3-11(2,10(16)17)7-15-9(12-13-14-15)8-4-5-20(18,19)6-8/h8H,3-7H2,1-2H3,(H,16,17). The molecule has 0 radical (unpaired) electrons. The number of rotatable bonds is 5. The molecule has 0 aromatic carbocycles. The number of hydrogen-bond donors (Lipinski definition) is 1. The molecule has 9 heteroatoms. The van der Waals surface area contributed by atoms with Crippen LogP contribution in [0.4, 0.5) is 0 Å². The molecule has 1 aromatic heterocycles. The number of aliphatic carboxylic acids is 1. The van der Waals surface area contributed by atoms with E-state index in [4.69, 9.17) is 0 Å². The highest BCUT2D eigenvalue weighted by Crippen LogP contribution is 2.29. The van der Waals surface area contributed by atoms with Gasteiger partial charge in [0.05, 0.1) is 23.5 Å². The SMILES string of the molecule is CCC(C)(Cn1nnnc1C1CCS(=O)(=O)C1)C(=O)O. The second-order valence-electron chi connectivity index (χ2n) is 5.51. The van der Waals surface area contributed by atoms with Crippen molar-refractivity contribution in [3.63, 3.8) is 0 Å². The fourth-order valence-electron chi connectivity index (χ4n) is 2.28. The Labute approximate surface area is 117 Å². The Hall–Kier alpha value is -1.51. The van der Waals surface area contributed by atoms with Crippen molar-refractivity contribution in [3.8, 4) is 0 Å². The zero-order chi connectivity index (χ0) is 15.0. The summed E-state index contributed by atoms with van der Waals surface area (Å²) in [6.45, 7) is 3.56. The lowest BCUT2D eigenvalue weighted by Crippen LogP contribution is -2.33. The molecule has 20 heavy (non-hydrogen) atoms. The van der Waals surface area contributed by atoms with Crippen LogP contribution in [-0.2, 0) is 21.2 Å². The summed E-state index contributed by atoms with van der Waals surface area (Å²) < 4.78 is 24.5. The van der Waals surface area contributed by atoms with E-state index in [1.165, 1.54) is 4.68 Å². The molecular weight excluding hydrogens is 284 g/mol. The summed E-state index contributed by atoms with van der Waals surface area (Å²) in [6.07, 6.45) is 0.920. The Bertz CT molecular complexity index is 612. The summed E-state index contributed by atoms with van der Waals surface area (Å²) in [5, 5.41) is 20.6. The first-order valence-corrected chi connectivity index (χ1v) is 8.29. The molecule has 2 rings (SSSR count). The summed E-state index contributed by atoms with van der Waals surface area (Å²) in [7, 11) is -3.03. The van der Waals surface area contributed by atoms with Gasteiger partial charge in [0.25, 0.3) is 0 Å². The summed E-state index contributed by atoms with van der Waals surface area (Å²) in [5.74, 6) is -0.532. The highest BCUT2D eigenvalue weighted by molar-refractivity contribution is 7.91. The van der Waals surface area contributed by atoms with Crippen LogP contribution in [0.15, 0.2) is 0 Å². The molecule has 0 bridgehead atoms. The third-order valence-electron chi connectivity index (χ3n) is 3.95. The van der Waals surface area contributed by atoms with Gasteiger partial charge in [-0.1, -0.05) is 6.92 Å². The molecule has 1 aromatic rings. The fourth-order valence-corrected chi connectivity index (χ4v) is 4.02. The van der Waals surface area contributed by atoms with Crippen LogP contribution in [0, 0.1) is 5.41 Å². The summed E-state index contributed by atoms with van der Waals surface area (Å²) in [4.78, 5) is 11.3. The minimum absolute atomic E-state index is 0.0310. The van der Waals surface area contributed by atoms with Crippen molar-refractivity contribution in [2.24, 2.45) is 5.41 Å². The number of carbonyl (C=O) groups is 1. The van der Waals surface area contributed by atoms with Gasteiger partial charge in [0.1, 0.15) is 0 Å². The van der Waals surface area contributed by atoms with Gasteiger partial charge in [-0.15, -0.1) is 5.10 Å². The molecule has 2 unspecified atom stereocenters. The second kappa shape index (κ2) is 5.12. The second-order valence-corrected chi connectivity index (χ2v) is 7.74. The highest BCUT2D eigenvalue weighted by Gasteiger charge is 2.36. The molecule has 2 atom stereocenters. The molecule has 1 saturated heterocycles. The molecular formula is C11H18N4O4S. The molecule has 1 N–H and O–H groups in total. The van der Waals surface area contributed by atoms with Crippen molar-refractivity contribution in [3.05, 3.63) is 5.82 Å². The summed E-state index contributed by atoms with van der Waals surface area (Å²) >= 11 is 0. The van der Waals surface area contributed by atoms with Crippen LogP contribution in [0.5, 0.6) is 0 Å². The van der Waals surface area contributed by atoms with Gasteiger partial charge < -0.3 is 5.11 Å². The first-order chi connectivity index (χ1) is 9.27. The quantitative estimate of drug-likeness (QED) is 0.818. The maximum absolute atomic E-state index is 11.5. The molecule has 8 nitrogen and oxygen atoms in total. The zero-order valence-electron chi connectivity index (χ0n) is 11.5. The van der Waals surface area contributed by atoms with E-state index in [2.05, 4.69) is 15.5 Å². The van der Waals surface area contributed by atoms with Crippen LogP contribution in [0.2, 0.25) is 0 Å². The Morgan fingerprint density at radius 1 is 1.55 bits per heavy atom. The minimum Gasteiger partial charge on any atom is -0.481 e. The van der Waals surface area contributed by atoms with E-state index >= 15 is 0 Å². The van der Waals surface area contributed by atoms with Crippen LogP contribution in [0.3, 0.4) is 0 Å². The van der Waals surface area contributed by atoms with Crippen LogP contribution < -0.4 is 0 Å². The largest absolute Gasteiger partial charge is 0.481 e. The Morgan fingerprint density at radius 3 is 2.75 bits per heavy atom. The monoisotopic (exact) mass is 302 g/mol. The number of tetrazole rings is 1. The highest BCUT2D eigenvalue weighted by atomic mass is 32.2. The third-order valence-corrected chi connectivity index (χ3v) is 5.72. The van der Waals surface area contributed by atoms with E-state index in [-0.39, 0.29) is 24.0 Å². The molecule has 0 spiro atoms. The van der Waals surface area contributed by atoms with Gasteiger partial charge in [0, 0.05) is 5.92 Å². The average molecular weight is 302 g/mol. The van der Waals surface area contributed by atoms with Crippen molar-refractivity contribution in [2.45, 2.75) is 39.2 Å². The minimum atomic E-state index is -3.03. The fraction of sp³-hybridized carbons (Fsp3) is 0.818. The molecule has 1 aliphatic heterocycles. The molecule has 1 fully saturated rings. The maximum Gasteiger partial charge on any atom is 0.311 e. The van der Waals surface area contributed by atoms with Crippen LogP contribution in [0.25, 0.3) is 0 Å². The van der Waals surface area contributed by atoms with Crippen molar-refractivity contribution < 1.29 is 18.3 Å². The summed E-state index contributed by atoms with van der Waals surface area (Å²) in [6, 6.07) is 0. The number of aromatic nitrogens is 4. The van der Waals surface area contributed by atoms with Gasteiger partial charge in [0.15, 0.2) is 15.7 Å². The van der Waals surface area contributed by atoms with Gasteiger partial charge in [-0.2, -0.15) is 0 Å². The molecule has 1 aliphatic rings. The van der Waals surface area contributed by atoms with E-state index in [0.717, 1.165) is 0 Å². The van der Waals surface area contributed by atoms with Gasteiger partial charge in [-0.25, -0.2) is 13.1 Å². The average Bonchev–Trinajstić information content (AvgIpc) is 2.95. The molecule has 112 valence electrons. The van der Waals surface area contributed by atoms with Gasteiger partial charge in [-0.3, -0.25) is 4.79 Å². The molecule has 0 saturated carbocycles. The van der Waals surface area contributed by atoms with E-state index in [0.29, 0.717) is 18.7 Å². The molecule has 0 aliphatic carbocycles. The predicted octanol–water partition coefficient (Wildman–Crippen LogP) is 0.0761. The van der Waals surface area contributed by atoms with E-state index < -0.39 is 21.2 Å². The lowest BCUT2D eigenvalue weighted by molar-refractivity contribution is -0.149. The van der Waals surface area contributed by atoms with E-state index in [9.17, 15) is 18.3 Å². The topological polar surface area (TPSA) is 115 Å².